The van der Waals surface area contributed by atoms with Gasteiger partial charge >= 0.3 is 14.3 Å². The summed E-state index contributed by atoms with van der Waals surface area (Å²) in [5.74, 6) is 0. The first-order valence-electron chi connectivity index (χ1n) is 2.16. The maximum absolute atomic E-state index is 10.4. The lowest BCUT2D eigenvalue weighted by atomic mass is 11.0. The summed E-state index contributed by atoms with van der Waals surface area (Å²) in [5, 5.41) is 0. The average Bonchev–Trinajstić information content (AvgIpc) is 1.84. The Morgan fingerprint density at radius 2 is 2.11 bits per heavy atom. The summed E-state index contributed by atoms with van der Waals surface area (Å²) in [7, 11) is -3.63. The lowest BCUT2D eigenvalue weighted by Gasteiger charge is -2.22. The molecule has 2 atom stereocenters. The zero-order valence-corrected chi connectivity index (χ0v) is 6.16. The minimum Gasteiger partial charge on any atom is -0.607 e. The molecule has 1 rings (SSSR count). The molecule has 0 spiro atoms. The van der Waals surface area contributed by atoms with Crippen molar-refractivity contribution in [2.24, 2.45) is 0 Å². The van der Waals surface area contributed by atoms with Crippen molar-refractivity contribution in [2.45, 2.75) is 11.5 Å². The van der Waals surface area contributed by atoms with Gasteiger partial charge in [-0.05, 0) is 6.92 Å². The fourth-order valence-corrected chi connectivity index (χ4v) is 3.54. The smallest absolute Gasteiger partial charge is 0.449 e. The lowest BCUT2D eigenvalue weighted by Crippen LogP contribution is -2.49. The van der Waals surface area contributed by atoms with Gasteiger partial charge in [-0.2, -0.15) is 0 Å². The Morgan fingerprint density at radius 1 is 1.67 bits per heavy atom. The minimum atomic E-state index is -3.63. The number of rotatable bonds is 0. The molecule has 0 aromatic heterocycles. The largest absolute Gasteiger partial charge is 0.607 e. The first-order chi connectivity index (χ1) is 3.98. The van der Waals surface area contributed by atoms with Gasteiger partial charge in [0.15, 0.2) is 0 Å². The molecule has 1 aliphatic heterocycles. The van der Waals surface area contributed by atoms with E-state index < -0.39 is 30.0 Å². The maximum atomic E-state index is 10.4. The van der Waals surface area contributed by atoms with Crippen LogP contribution < -0.4 is 0 Å². The van der Waals surface area contributed by atoms with Gasteiger partial charge in [-0.3, -0.25) is 0 Å². The van der Waals surface area contributed by atoms with Crippen LogP contribution in [0.5, 0.6) is 0 Å². The molecule has 0 radical (unpaired) electrons. The summed E-state index contributed by atoms with van der Waals surface area (Å²) in [4.78, 5) is 10.2. The Bertz CT molecular complexity index is 241. The highest BCUT2D eigenvalue weighted by atomic mass is 32.3. The van der Waals surface area contributed by atoms with Crippen LogP contribution in [0, 0.1) is 0 Å². The SMILES string of the molecule is CC1[S+]([O-])C(=O)S1(=O)=O. The van der Waals surface area contributed by atoms with Crippen LogP contribution in [0.4, 0.5) is 4.79 Å². The Hall–Kier alpha value is -0.0700. The fraction of sp³-hybridized carbons (Fsp3) is 0.667. The summed E-state index contributed by atoms with van der Waals surface area (Å²) in [6, 6.07) is 0. The first kappa shape index (κ1) is 7.04. The summed E-state index contributed by atoms with van der Waals surface area (Å²) in [5.41, 5.74) is 0. The van der Waals surface area contributed by atoms with E-state index in [0.717, 1.165) is 0 Å². The highest BCUT2D eigenvalue weighted by Crippen LogP contribution is 2.27. The van der Waals surface area contributed by atoms with E-state index in [0.29, 0.717) is 0 Å². The molecule has 1 fully saturated rings. The van der Waals surface area contributed by atoms with Gasteiger partial charge in [0.25, 0.3) is 0 Å². The molecule has 4 nitrogen and oxygen atoms in total. The first-order valence-corrected chi connectivity index (χ1v) is 4.92. The van der Waals surface area contributed by atoms with E-state index in [1.54, 1.807) is 0 Å². The van der Waals surface area contributed by atoms with Gasteiger partial charge in [0.1, 0.15) is 0 Å². The second kappa shape index (κ2) is 1.71. The van der Waals surface area contributed by atoms with Crippen molar-refractivity contribution in [3.05, 3.63) is 0 Å². The normalized spacial score (nSPS) is 40.0. The standard InChI is InChI=1S/C3H4O4S2/c1-2-8(5)3(4)9(2,6)7/h2H,1H3. The molecule has 0 amide bonds. The second-order valence-corrected chi connectivity index (χ2v) is 6.06. The molecule has 2 unspecified atom stereocenters. The Kier molecular flexibility index (Phi) is 1.34. The van der Waals surface area contributed by atoms with Crippen molar-refractivity contribution >= 4 is 25.5 Å². The molecule has 0 bridgehead atoms. The molecule has 9 heavy (non-hydrogen) atoms. The third kappa shape index (κ3) is 0.702. The van der Waals surface area contributed by atoms with Gasteiger partial charge in [0.05, 0.1) is 11.2 Å². The van der Waals surface area contributed by atoms with Crippen LogP contribution in [0.15, 0.2) is 0 Å². The third-order valence-corrected chi connectivity index (χ3v) is 5.88. The highest BCUT2D eigenvalue weighted by Gasteiger charge is 2.58. The molecule has 1 saturated heterocycles. The van der Waals surface area contributed by atoms with Crippen LogP contribution in [0.25, 0.3) is 0 Å². The number of carbonyl (C=O) groups excluding carboxylic acids is 1. The predicted molar refractivity (Wildman–Crippen MR) is 31.9 cm³/mol. The number of hydrogen-bond acceptors (Lipinski definition) is 4. The maximum Gasteiger partial charge on any atom is 0.449 e. The van der Waals surface area contributed by atoms with Gasteiger partial charge < -0.3 is 4.55 Å². The zero-order chi connectivity index (χ0) is 7.23. The van der Waals surface area contributed by atoms with E-state index in [9.17, 15) is 17.8 Å². The van der Waals surface area contributed by atoms with Crippen molar-refractivity contribution in [1.82, 2.24) is 0 Å². The molecule has 52 valence electrons. The van der Waals surface area contributed by atoms with E-state index in [1.807, 2.05) is 0 Å². The molecule has 0 saturated carbocycles. The molecule has 0 N–H and O–H groups in total. The van der Waals surface area contributed by atoms with Gasteiger partial charge in [-0.1, -0.05) is 0 Å². The van der Waals surface area contributed by atoms with E-state index in [2.05, 4.69) is 0 Å². The summed E-state index contributed by atoms with van der Waals surface area (Å²) >= 11 is -1.78. The minimum absolute atomic E-state index is 0.981. The molecular weight excluding hydrogens is 164 g/mol. The lowest BCUT2D eigenvalue weighted by molar-refractivity contribution is 0.271. The van der Waals surface area contributed by atoms with Crippen LogP contribution in [-0.4, -0.2) is 22.0 Å². The molecule has 1 aliphatic rings. The van der Waals surface area contributed by atoms with Gasteiger partial charge in [0.2, 0.25) is 4.58 Å². The summed E-state index contributed by atoms with van der Waals surface area (Å²) < 4.78 is 29.1. The number of carbonyl (C=O) groups is 1. The second-order valence-electron chi connectivity index (χ2n) is 1.66. The van der Waals surface area contributed by atoms with Crippen LogP contribution in [-0.2, 0) is 21.0 Å². The molecule has 0 aromatic rings. The highest BCUT2D eigenvalue weighted by molar-refractivity contribution is 8.45. The topological polar surface area (TPSA) is 74.3 Å². The van der Waals surface area contributed by atoms with E-state index in [4.69, 9.17) is 0 Å². The molecule has 0 aromatic carbocycles. The Balaban J connectivity index is 3.01. The van der Waals surface area contributed by atoms with E-state index >= 15 is 0 Å². The predicted octanol–water partition coefficient (Wildman–Crippen LogP) is -0.370. The average molecular weight is 168 g/mol. The van der Waals surface area contributed by atoms with Gasteiger partial charge in [-0.25, -0.2) is 13.2 Å². The molecule has 0 aliphatic carbocycles. The Morgan fingerprint density at radius 3 is 2.22 bits per heavy atom. The summed E-state index contributed by atoms with van der Waals surface area (Å²) in [6.07, 6.45) is 0. The van der Waals surface area contributed by atoms with Crippen molar-refractivity contribution < 1.29 is 17.8 Å². The third-order valence-electron chi connectivity index (χ3n) is 1.14. The van der Waals surface area contributed by atoms with Crippen molar-refractivity contribution in [2.75, 3.05) is 0 Å². The molecular formula is C3H4O4S2. The van der Waals surface area contributed by atoms with Crippen LogP contribution in [0.2, 0.25) is 0 Å². The fourth-order valence-electron chi connectivity index (χ4n) is 0.458. The van der Waals surface area contributed by atoms with Crippen LogP contribution in [0.1, 0.15) is 6.92 Å². The van der Waals surface area contributed by atoms with Gasteiger partial charge in [-0.15, -0.1) is 0 Å². The summed E-state index contributed by atoms with van der Waals surface area (Å²) in [6.45, 7) is 1.26. The monoisotopic (exact) mass is 168 g/mol. The quantitative estimate of drug-likeness (QED) is 0.462. The Labute approximate surface area is 55.3 Å². The number of sulfone groups is 1. The van der Waals surface area contributed by atoms with Crippen LogP contribution in [0.3, 0.4) is 0 Å². The van der Waals surface area contributed by atoms with E-state index in [1.165, 1.54) is 6.92 Å². The van der Waals surface area contributed by atoms with Crippen molar-refractivity contribution in [1.29, 1.82) is 0 Å². The molecule has 6 heteroatoms. The van der Waals surface area contributed by atoms with Crippen molar-refractivity contribution in [3.8, 4) is 0 Å². The molecule has 1 heterocycles. The van der Waals surface area contributed by atoms with Gasteiger partial charge in [0, 0.05) is 0 Å². The van der Waals surface area contributed by atoms with E-state index in [-0.39, 0.29) is 0 Å². The van der Waals surface area contributed by atoms with Crippen molar-refractivity contribution in [3.63, 3.8) is 0 Å². The number of hydrogen-bond donors (Lipinski definition) is 0. The zero-order valence-electron chi connectivity index (χ0n) is 4.53. The van der Waals surface area contributed by atoms with Crippen LogP contribution >= 0.6 is 0 Å².